The Hall–Kier alpha value is -1.39. The highest BCUT2D eigenvalue weighted by molar-refractivity contribution is 5.81. The van der Waals surface area contributed by atoms with Gasteiger partial charge in [0.2, 0.25) is 0 Å². The highest BCUT2D eigenvalue weighted by Crippen LogP contribution is 2.53. The third-order valence-corrected chi connectivity index (χ3v) is 4.97. The molecule has 0 spiro atoms. The minimum absolute atomic E-state index is 0.112. The highest BCUT2D eigenvalue weighted by Gasteiger charge is 2.53. The summed E-state index contributed by atoms with van der Waals surface area (Å²) in [7, 11) is 1.48. The molecule has 1 aromatic carbocycles. The molecule has 1 aromatic rings. The van der Waals surface area contributed by atoms with Gasteiger partial charge in [0, 0.05) is 0 Å². The van der Waals surface area contributed by atoms with Crippen molar-refractivity contribution in [3.63, 3.8) is 0 Å². The van der Waals surface area contributed by atoms with E-state index in [1.807, 2.05) is 18.2 Å². The van der Waals surface area contributed by atoms with Crippen LogP contribution < -0.4 is 5.32 Å². The number of benzene rings is 1. The molecular formula is C18H25NO3. The summed E-state index contributed by atoms with van der Waals surface area (Å²) in [5, 5.41) is 3.39. The van der Waals surface area contributed by atoms with E-state index in [4.69, 9.17) is 9.47 Å². The predicted molar refractivity (Wildman–Crippen MR) is 84.4 cm³/mol. The molecule has 0 aromatic heterocycles. The lowest BCUT2D eigenvalue weighted by atomic mass is 9.84. The van der Waals surface area contributed by atoms with Crippen molar-refractivity contribution >= 4 is 5.97 Å². The van der Waals surface area contributed by atoms with Gasteiger partial charge in [0.15, 0.2) is 0 Å². The molecule has 4 nitrogen and oxygen atoms in total. The van der Waals surface area contributed by atoms with Gasteiger partial charge in [-0.05, 0) is 49.6 Å². The van der Waals surface area contributed by atoms with E-state index in [-0.39, 0.29) is 11.4 Å². The van der Waals surface area contributed by atoms with Crippen LogP contribution in [0.2, 0.25) is 0 Å². The molecule has 0 bridgehead atoms. The standard InChI is InChI=1S/C18H25NO3/c1-21-16(20)18(8-5-11-19-18)13-17(9-10-17)14-22-12-15-6-3-2-4-7-15/h2-4,6-7,19H,5,8-14H2,1H3. The van der Waals surface area contributed by atoms with Crippen LogP contribution in [0.4, 0.5) is 0 Å². The fraction of sp³-hybridized carbons (Fsp3) is 0.611. The van der Waals surface area contributed by atoms with E-state index in [9.17, 15) is 4.79 Å². The Morgan fingerprint density at radius 3 is 2.59 bits per heavy atom. The molecule has 1 saturated carbocycles. The van der Waals surface area contributed by atoms with Gasteiger partial charge in [-0.2, -0.15) is 0 Å². The lowest BCUT2D eigenvalue weighted by Gasteiger charge is -2.31. The van der Waals surface area contributed by atoms with Crippen LogP contribution in [0.25, 0.3) is 0 Å². The molecule has 1 atom stereocenters. The van der Waals surface area contributed by atoms with E-state index in [1.54, 1.807) is 0 Å². The largest absolute Gasteiger partial charge is 0.468 e. The van der Waals surface area contributed by atoms with E-state index in [1.165, 1.54) is 12.7 Å². The van der Waals surface area contributed by atoms with Crippen molar-refractivity contribution in [1.29, 1.82) is 0 Å². The predicted octanol–water partition coefficient (Wildman–Crippen LogP) is 2.67. The van der Waals surface area contributed by atoms with Crippen LogP contribution in [0.15, 0.2) is 30.3 Å². The minimum Gasteiger partial charge on any atom is -0.468 e. The number of rotatable bonds is 7. The number of methoxy groups -OCH3 is 1. The highest BCUT2D eigenvalue weighted by atomic mass is 16.5. The number of ether oxygens (including phenoxy) is 2. The zero-order valence-corrected chi connectivity index (χ0v) is 13.3. The smallest absolute Gasteiger partial charge is 0.326 e. The van der Waals surface area contributed by atoms with Crippen molar-refractivity contribution < 1.29 is 14.3 Å². The minimum atomic E-state index is -0.485. The van der Waals surface area contributed by atoms with Gasteiger partial charge in [0.1, 0.15) is 5.54 Å². The third kappa shape index (κ3) is 3.33. The maximum atomic E-state index is 12.2. The van der Waals surface area contributed by atoms with Gasteiger partial charge in [-0.15, -0.1) is 0 Å². The summed E-state index contributed by atoms with van der Waals surface area (Å²) < 4.78 is 11.0. The van der Waals surface area contributed by atoms with Gasteiger partial charge in [-0.3, -0.25) is 4.79 Å². The molecule has 1 unspecified atom stereocenters. The molecule has 4 heteroatoms. The van der Waals surface area contributed by atoms with Gasteiger partial charge in [-0.1, -0.05) is 30.3 Å². The lowest BCUT2D eigenvalue weighted by molar-refractivity contribution is -0.149. The summed E-state index contributed by atoms with van der Waals surface area (Å²) in [4.78, 5) is 12.2. The first-order valence-corrected chi connectivity index (χ1v) is 8.13. The maximum absolute atomic E-state index is 12.2. The van der Waals surface area contributed by atoms with Gasteiger partial charge in [0.05, 0.1) is 20.3 Å². The number of hydrogen-bond donors (Lipinski definition) is 1. The number of esters is 1. The molecular weight excluding hydrogens is 278 g/mol. The Balaban J connectivity index is 1.56. The third-order valence-electron chi connectivity index (χ3n) is 4.97. The SMILES string of the molecule is COC(=O)C1(CC2(COCc3ccccc3)CC2)CCCN1. The quantitative estimate of drug-likeness (QED) is 0.787. The molecule has 2 aliphatic rings. The molecule has 2 fully saturated rings. The van der Waals surface area contributed by atoms with Crippen LogP contribution >= 0.6 is 0 Å². The average Bonchev–Trinajstić information content (AvgIpc) is 3.13. The summed E-state index contributed by atoms with van der Waals surface area (Å²) in [5.41, 5.74) is 0.863. The molecule has 1 saturated heterocycles. The maximum Gasteiger partial charge on any atom is 0.326 e. The first-order chi connectivity index (χ1) is 10.7. The van der Waals surface area contributed by atoms with E-state index < -0.39 is 5.54 Å². The fourth-order valence-electron chi connectivity index (χ4n) is 3.55. The fourth-order valence-corrected chi connectivity index (χ4v) is 3.55. The van der Waals surface area contributed by atoms with Crippen molar-refractivity contribution in [3.05, 3.63) is 35.9 Å². The number of carbonyl (C=O) groups is 1. The van der Waals surface area contributed by atoms with E-state index in [0.717, 1.165) is 45.3 Å². The second-order valence-electron chi connectivity index (χ2n) is 6.76. The van der Waals surface area contributed by atoms with Crippen molar-refractivity contribution in [3.8, 4) is 0 Å². The van der Waals surface area contributed by atoms with Crippen LogP contribution in [0.3, 0.4) is 0 Å². The summed E-state index contributed by atoms with van der Waals surface area (Å²) in [5.74, 6) is -0.112. The first kappa shape index (κ1) is 15.5. The summed E-state index contributed by atoms with van der Waals surface area (Å²) >= 11 is 0. The summed E-state index contributed by atoms with van der Waals surface area (Å²) in [6.45, 7) is 2.26. The molecule has 1 N–H and O–H groups in total. The second kappa shape index (κ2) is 6.39. The van der Waals surface area contributed by atoms with Crippen LogP contribution in [-0.4, -0.2) is 31.8 Å². The van der Waals surface area contributed by atoms with Crippen LogP contribution in [0, 0.1) is 5.41 Å². The van der Waals surface area contributed by atoms with Crippen molar-refractivity contribution in [2.24, 2.45) is 5.41 Å². The molecule has 1 aliphatic carbocycles. The number of nitrogens with one attached hydrogen (secondary N) is 1. The number of hydrogen-bond acceptors (Lipinski definition) is 4. The number of carbonyl (C=O) groups excluding carboxylic acids is 1. The average molecular weight is 303 g/mol. The van der Waals surface area contributed by atoms with Crippen molar-refractivity contribution in [1.82, 2.24) is 5.32 Å². The normalized spacial score (nSPS) is 25.9. The van der Waals surface area contributed by atoms with Crippen molar-refractivity contribution in [2.45, 2.75) is 44.2 Å². The molecule has 0 amide bonds. The Kier molecular flexibility index (Phi) is 4.50. The lowest BCUT2D eigenvalue weighted by Crippen LogP contribution is -2.50. The van der Waals surface area contributed by atoms with Gasteiger partial charge >= 0.3 is 5.97 Å². The van der Waals surface area contributed by atoms with E-state index in [2.05, 4.69) is 17.4 Å². The van der Waals surface area contributed by atoms with E-state index in [0.29, 0.717) is 6.61 Å². The Morgan fingerprint density at radius 1 is 1.23 bits per heavy atom. The van der Waals surface area contributed by atoms with Crippen LogP contribution in [0.1, 0.15) is 37.7 Å². The zero-order valence-electron chi connectivity index (χ0n) is 13.3. The van der Waals surface area contributed by atoms with Crippen LogP contribution in [-0.2, 0) is 20.9 Å². The monoisotopic (exact) mass is 303 g/mol. The first-order valence-electron chi connectivity index (χ1n) is 8.13. The van der Waals surface area contributed by atoms with Crippen molar-refractivity contribution in [2.75, 3.05) is 20.3 Å². The molecule has 22 heavy (non-hydrogen) atoms. The summed E-state index contributed by atoms with van der Waals surface area (Å²) in [6, 6.07) is 10.2. The molecule has 1 heterocycles. The topological polar surface area (TPSA) is 47.6 Å². The zero-order chi connectivity index (χ0) is 15.5. The molecule has 1 aliphatic heterocycles. The summed E-state index contributed by atoms with van der Waals surface area (Å²) in [6.07, 6.45) is 5.03. The second-order valence-corrected chi connectivity index (χ2v) is 6.76. The van der Waals surface area contributed by atoms with Crippen LogP contribution in [0.5, 0.6) is 0 Å². The Labute approximate surface area is 132 Å². The van der Waals surface area contributed by atoms with E-state index >= 15 is 0 Å². The molecule has 0 radical (unpaired) electrons. The van der Waals surface area contributed by atoms with Gasteiger partial charge < -0.3 is 14.8 Å². The Bertz CT molecular complexity index is 504. The Morgan fingerprint density at radius 2 is 2.00 bits per heavy atom. The van der Waals surface area contributed by atoms with Gasteiger partial charge in [-0.25, -0.2) is 0 Å². The molecule has 3 rings (SSSR count). The molecule has 120 valence electrons. The van der Waals surface area contributed by atoms with Gasteiger partial charge in [0.25, 0.3) is 0 Å².